The van der Waals surface area contributed by atoms with E-state index in [9.17, 15) is 0 Å². The van der Waals surface area contributed by atoms with Crippen molar-refractivity contribution < 1.29 is 0 Å². The number of hydrogen-bond donors (Lipinski definition) is 0. The molecule has 2 fully saturated rings. The van der Waals surface area contributed by atoms with E-state index in [4.69, 9.17) is 4.98 Å². The summed E-state index contributed by atoms with van der Waals surface area (Å²) < 4.78 is 0. The molecule has 3 rings (SSSR count). The third kappa shape index (κ3) is 5.11. The third-order valence-corrected chi connectivity index (χ3v) is 7.79. The van der Waals surface area contributed by atoms with Crippen LogP contribution in [0.5, 0.6) is 0 Å². The van der Waals surface area contributed by atoms with Gasteiger partial charge in [0.25, 0.3) is 0 Å². The van der Waals surface area contributed by atoms with E-state index in [1.54, 1.807) is 0 Å². The largest absolute Gasteiger partial charge is 0.261 e. The number of rotatable bonds is 7. The van der Waals surface area contributed by atoms with Crippen LogP contribution < -0.4 is 0 Å². The Morgan fingerprint density at radius 3 is 2.12 bits per heavy atom. The Kier molecular flexibility index (Phi) is 7.58. The molecule has 2 aliphatic rings. The Labute approximate surface area is 162 Å². The van der Waals surface area contributed by atoms with Crippen molar-refractivity contribution in [3.05, 3.63) is 29.6 Å². The van der Waals surface area contributed by atoms with Gasteiger partial charge in [-0.25, -0.2) is 0 Å². The number of pyridine rings is 1. The van der Waals surface area contributed by atoms with Gasteiger partial charge in [-0.2, -0.15) is 0 Å². The Bertz CT molecular complexity index is 503. The summed E-state index contributed by atoms with van der Waals surface area (Å²) in [6.45, 7) is 7.06. The summed E-state index contributed by atoms with van der Waals surface area (Å²) in [6, 6.07) is 4.64. The maximum Gasteiger partial charge on any atom is 0.0434 e. The summed E-state index contributed by atoms with van der Waals surface area (Å²) in [6.07, 6.45) is 19.1. The van der Waals surface area contributed by atoms with Gasteiger partial charge in [-0.3, -0.25) is 4.98 Å². The first kappa shape index (κ1) is 19.9. The molecule has 2 saturated carbocycles. The zero-order chi connectivity index (χ0) is 18.4. The fourth-order valence-corrected chi connectivity index (χ4v) is 5.66. The minimum Gasteiger partial charge on any atom is -0.261 e. The summed E-state index contributed by atoms with van der Waals surface area (Å²) in [5.41, 5.74) is 2.74. The summed E-state index contributed by atoms with van der Waals surface area (Å²) in [5, 5.41) is 0. The first-order valence-corrected chi connectivity index (χ1v) is 11.7. The molecule has 1 atom stereocenters. The summed E-state index contributed by atoms with van der Waals surface area (Å²) in [7, 11) is 0. The Balaban J connectivity index is 1.46. The van der Waals surface area contributed by atoms with Crippen molar-refractivity contribution in [3.8, 4) is 0 Å². The second kappa shape index (κ2) is 9.90. The van der Waals surface area contributed by atoms with E-state index in [-0.39, 0.29) is 0 Å². The van der Waals surface area contributed by atoms with Crippen molar-refractivity contribution in [2.75, 3.05) is 0 Å². The first-order valence-electron chi connectivity index (χ1n) is 11.7. The fourth-order valence-electron chi connectivity index (χ4n) is 5.66. The van der Waals surface area contributed by atoms with Crippen LogP contribution in [0, 0.1) is 23.7 Å². The molecule has 0 N–H and O–H groups in total. The highest BCUT2D eigenvalue weighted by atomic mass is 14.7. The number of hydrogen-bond acceptors (Lipinski definition) is 1. The van der Waals surface area contributed by atoms with Gasteiger partial charge in [-0.1, -0.05) is 52.5 Å². The molecule has 0 spiro atoms. The van der Waals surface area contributed by atoms with Gasteiger partial charge in [0.05, 0.1) is 0 Å². The van der Waals surface area contributed by atoms with Gasteiger partial charge >= 0.3 is 0 Å². The van der Waals surface area contributed by atoms with Crippen LogP contribution in [0.25, 0.3) is 0 Å². The second-order valence-corrected chi connectivity index (χ2v) is 9.35. The van der Waals surface area contributed by atoms with E-state index in [2.05, 4.69) is 39.1 Å². The molecular weight excluding hydrogens is 314 g/mol. The maximum absolute atomic E-state index is 4.83. The van der Waals surface area contributed by atoms with E-state index in [1.807, 2.05) is 0 Å². The van der Waals surface area contributed by atoms with Crippen molar-refractivity contribution >= 4 is 0 Å². The minimum atomic E-state index is 0.631. The molecule has 1 heterocycles. The molecule has 1 heteroatoms. The average Bonchev–Trinajstić information content (AvgIpc) is 2.72. The monoisotopic (exact) mass is 355 g/mol. The third-order valence-electron chi connectivity index (χ3n) is 7.79. The van der Waals surface area contributed by atoms with E-state index in [0.29, 0.717) is 5.92 Å². The lowest BCUT2D eigenvalue weighted by Gasteiger charge is -2.39. The summed E-state index contributed by atoms with van der Waals surface area (Å²) in [5.74, 6) is 4.60. The van der Waals surface area contributed by atoms with Crippen molar-refractivity contribution in [2.24, 2.45) is 23.7 Å². The van der Waals surface area contributed by atoms with Gasteiger partial charge in [0.15, 0.2) is 0 Å². The van der Waals surface area contributed by atoms with Crippen LogP contribution in [0.1, 0.15) is 109 Å². The summed E-state index contributed by atoms with van der Waals surface area (Å²) >= 11 is 0. The Morgan fingerprint density at radius 1 is 0.923 bits per heavy atom. The van der Waals surface area contributed by atoms with Gasteiger partial charge in [0.1, 0.15) is 0 Å². The van der Waals surface area contributed by atoms with Crippen LogP contribution in [0.3, 0.4) is 0 Å². The van der Waals surface area contributed by atoms with Gasteiger partial charge in [-0.15, -0.1) is 0 Å². The Morgan fingerprint density at radius 2 is 1.58 bits per heavy atom. The molecule has 1 unspecified atom stereocenters. The van der Waals surface area contributed by atoms with E-state index in [0.717, 1.165) is 23.7 Å². The van der Waals surface area contributed by atoms with Crippen LogP contribution in [0.4, 0.5) is 0 Å². The Hall–Kier alpha value is -0.850. The van der Waals surface area contributed by atoms with Crippen LogP contribution in [0.15, 0.2) is 18.3 Å². The lowest BCUT2D eigenvalue weighted by atomic mass is 9.67. The molecule has 0 saturated heterocycles. The van der Waals surface area contributed by atoms with Crippen LogP contribution in [-0.4, -0.2) is 4.98 Å². The van der Waals surface area contributed by atoms with Crippen molar-refractivity contribution in [1.82, 2.24) is 4.98 Å². The van der Waals surface area contributed by atoms with Crippen LogP contribution >= 0.6 is 0 Å². The zero-order valence-corrected chi connectivity index (χ0v) is 17.6. The average molecular weight is 356 g/mol. The SMILES string of the molecule is CCCCc1ccc(C(C)C2CCC([C@H]3CC[C@H](CC)CC3)CC2)nc1. The van der Waals surface area contributed by atoms with Gasteiger partial charge < -0.3 is 0 Å². The number of aryl methyl sites for hydroxylation is 1. The number of unbranched alkanes of at least 4 members (excludes halogenated alkanes) is 1. The van der Waals surface area contributed by atoms with Gasteiger partial charge in [-0.05, 0) is 86.7 Å². The van der Waals surface area contributed by atoms with Gasteiger partial charge in [0.2, 0.25) is 0 Å². The highest BCUT2D eigenvalue weighted by Gasteiger charge is 2.32. The molecule has 1 aromatic rings. The number of aromatic nitrogens is 1. The molecule has 1 nitrogen and oxygen atoms in total. The lowest BCUT2D eigenvalue weighted by Crippen LogP contribution is -2.27. The molecule has 0 aliphatic heterocycles. The molecule has 0 amide bonds. The molecular formula is C25H41N. The van der Waals surface area contributed by atoms with E-state index in [1.165, 1.54) is 88.3 Å². The van der Waals surface area contributed by atoms with E-state index >= 15 is 0 Å². The second-order valence-electron chi connectivity index (χ2n) is 9.35. The highest BCUT2D eigenvalue weighted by Crippen LogP contribution is 2.44. The number of nitrogens with zero attached hydrogens (tertiary/aromatic N) is 1. The van der Waals surface area contributed by atoms with Crippen LogP contribution in [0.2, 0.25) is 0 Å². The predicted octanol–water partition coefficient (Wildman–Crippen LogP) is 7.55. The quantitative estimate of drug-likeness (QED) is 0.492. The van der Waals surface area contributed by atoms with Crippen molar-refractivity contribution in [1.29, 1.82) is 0 Å². The van der Waals surface area contributed by atoms with Crippen LogP contribution in [-0.2, 0) is 6.42 Å². The standard InChI is InChI=1S/C25H41N/c1-4-6-7-21-10-17-25(26-18-21)19(3)22-13-15-24(16-14-22)23-11-8-20(5-2)9-12-23/h10,17-20,22-24H,4-9,11-16H2,1-3H3/t19?,20-,22?,23-,24?. The molecule has 146 valence electrons. The lowest BCUT2D eigenvalue weighted by molar-refractivity contribution is 0.138. The molecule has 1 aromatic heterocycles. The molecule has 0 radical (unpaired) electrons. The predicted molar refractivity (Wildman–Crippen MR) is 112 cm³/mol. The van der Waals surface area contributed by atoms with Crippen molar-refractivity contribution in [3.63, 3.8) is 0 Å². The molecule has 26 heavy (non-hydrogen) atoms. The zero-order valence-electron chi connectivity index (χ0n) is 17.6. The maximum atomic E-state index is 4.83. The highest BCUT2D eigenvalue weighted by molar-refractivity contribution is 5.17. The normalized spacial score (nSPS) is 30.9. The molecule has 2 aliphatic carbocycles. The topological polar surface area (TPSA) is 12.9 Å². The van der Waals surface area contributed by atoms with Gasteiger partial charge in [0, 0.05) is 17.8 Å². The smallest absolute Gasteiger partial charge is 0.0434 e. The fraction of sp³-hybridized carbons (Fsp3) is 0.800. The molecule has 0 aromatic carbocycles. The van der Waals surface area contributed by atoms with Crippen molar-refractivity contribution in [2.45, 2.75) is 104 Å². The minimum absolute atomic E-state index is 0.631. The summed E-state index contributed by atoms with van der Waals surface area (Å²) in [4.78, 5) is 4.83. The van der Waals surface area contributed by atoms with E-state index < -0.39 is 0 Å². The molecule has 0 bridgehead atoms. The first-order chi connectivity index (χ1) is 12.7.